The van der Waals surface area contributed by atoms with Gasteiger partial charge >= 0.3 is 0 Å². The number of nitrogens with zero attached hydrogens (tertiary/aromatic N) is 2. The van der Waals surface area contributed by atoms with Crippen molar-refractivity contribution in [1.29, 1.82) is 0 Å². The molecule has 0 unspecified atom stereocenters. The zero-order valence-corrected chi connectivity index (χ0v) is 18.0. The number of aromatic nitrogens is 1. The van der Waals surface area contributed by atoms with Crippen LogP contribution in [-0.2, 0) is 4.74 Å². The molecule has 1 aromatic carbocycles. The van der Waals surface area contributed by atoms with Gasteiger partial charge in [0.05, 0.1) is 6.10 Å². The highest BCUT2D eigenvalue weighted by Gasteiger charge is 2.25. The van der Waals surface area contributed by atoms with Gasteiger partial charge < -0.3 is 15.4 Å². The van der Waals surface area contributed by atoms with Crippen molar-refractivity contribution in [2.45, 2.75) is 25.4 Å². The molecule has 150 valence electrons. The van der Waals surface area contributed by atoms with Gasteiger partial charge in [0.15, 0.2) is 0 Å². The lowest BCUT2D eigenvalue weighted by Gasteiger charge is -2.31. The molecule has 2 aromatic rings. The fraction of sp³-hybridized carbons (Fsp3) is 0.444. The van der Waals surface area contributed by atoms with Crippen molar-refractivity contribution in [2.24, 2.45) is 5.73 Å². The molecule has 9 heteroatoms. The van der Waals surface area contributed by atoms with Gasteiger partial charge in [0.25, 0.3) is 5.91 Å². The van der Waals surface area contributed by atoms with Gasteiger partial charge in [-0.3, -0.25) is 4.79 Å². The molecule has 27 heavy (non-hydrogen) atoms. The molecule has 1 aromatic heterocycles. The maximum Gasteiger partial charge on any atom is 0.273 e. The minimum atomic E-state index is -0.00932. The summed E-state index contributed by atoms with van der Waals surface area (Å²) in [6.45, 7) is 2.76. The predicted octanol–water partition coefficient (Wildman–Crippen LogP) is 4.28. The molecular formula is C18H24Cl3N3O2S. The average molecular weight is 453 g/mol. The Morgan fingerprint density at radius 3 is 2.74 bits per heavy atom. The first-order chi connectivity index (χ1) is 12.2. The topological polar surface area (TPSA) is 68.5 Å². The number of halogens is 3. The maximum atomic E-state index is 12.7. The van der Waals surface area contributed by atoms with E-state index in [1.807, 2.05) is 34.5 Å². The van der Waals surface area contributed by atoms with E-state index in [0.29, 0.717) is 37.0 Å². The monoisotopic (exact) mass is 451 g/mol. The van der Waals surface area contributed by atoms with Gasteiger partial charge in [0.1, 0.15) is 10.7 Å². The Hall–Kier alpha value is -0.890. The highest BCUT2D eigenvalue weighted by molar-refractivity contribution is 7.13. The quantitative estimate of drug-likeness (QED) is 0.664. The molecule has 0 aliphatic carbocycles. The third-order valence-electron chi connectivity index (χ3n) is 4.23. The van der Waals surface area contributed by atoms with Crippen molar-refractivity contribution in [1.82, 2.24) is 9.88 Å². The fourth-order valence-corrected chi connectivity index (χ4v) is 3.83. The van der Waals surface area contributed by atoms with Crippen LogP contribution in [0.15, 0.2) is 29.6 Å². The number of ether oxygens (including phenoxy) is 1. The largest absolute Gasteiger partial charge is 0.378 e. The summed E-state index contributed by atoms with van der Waals surface area (Å²) in [4.78, 5) is 19.0. The summed E-state index contributed by atoms with van der Waals surface area (Å²) in [6.07, 6.45) is 2.83. The van der Waals surface area contributed by atoms with Gasteiger partial charge in [-0.2, -0.15) is 0 Å². The van der Waals surface area contributed by atoms with Crippen molar-refractivity contribution in [3.63, 3.8) is 0 Å². The van der Waals surface area contributed by atoms with Crippen molar-refractivity contribution >= 4 is 53.7 Å². The molecule has 1 aliphatic heterocycles. The van der Waals surface area contributed by atoms with E-state index < -0.39 is 0 Å². The van der Waals surface area contributed by atoms with E-state index in [-0.39, 0.29) is 36.8 Å². The Balaban J connectivity index is 0.00000182. The van der Waals surface area contributed by atoms with Crippen LogP contribution >= 0.6 is 47.8 Å². The third kappa shape index (κ3) is 6.59. The number of amides is 1. The molecule has 2 N–H and O–H groups in total. The number of thiazole rings is 1. The number of nitrogens with two attached hydrogens (primary N) is 1. The summed E-state index contributed by atoms with van der Waals surface area (Å²) in [5.74, 6) is -0.00932. The minimum Gasteiger partial charge on any atom is -0.378 e. The first-order valence-electron chi connectivity index (χ1n) is 8.50. The zero-order chi connectivity index (χ0) is 17.6. The maximum absolute atomic E-state index is 12.7. The Labute approximate surface area is 181 Å². The number of rotatable bonds is 6. The summed E-state index contributed by atoms with van der Waals surface area (Å²) < 4.78 is 5.79. The van der Waals surface area contributed by atoms with Crippen LogP contribution in [-0.4, -0.2) is 48.1 Å². The number of hydrogen-bond donors (Lipinski definition) is 1. The Morgan fingerprint density at radius 2 is 2.07 bits per heavy atom. The van der Waals surface area contributed by atoms with E-state index in [0.717, 1.165) is 29.8 Å². The van der Waals surface area contributed by atoms with E-state index in [1.54, 1.807) is 0 Å². The SMILES string of the molecule is Cl.Cl.NCCCOC1CCN(C(=O)c2csc(-c3cccc(Cl)c3)n2)CC1. The van der Waals surface area contributed by atoms with Crippen LogP contribution in [0.25, 0.3) is 10.6 Å². The number of benzene rings is 1. The van der Waals surface area contributed by atoms with Crippen LogP contribution < -0.4 is 5.73 Å². The standard InChI is InChI=1S/C18H22ClN3O2S.2ClH/c19-14-4-1-3-13(11-14)17-21-16(12-25-17)18(23)22-8-5-15(6-9-22)24-10-2-7-20;;/h1,3-4,11-12,15H,2,5-10,20H2;2*1H. The molecular weight excluding hydrogens is 429 g/mol. The molecule has 0 saturated carbocycles. The van der Waals surface area contributed by atoms with E-state index in [1.165, 1.54) is 11.3 Å². The number of carbonyl (C=O) groups excluding carboxylic acids is 1. The van der Waals surface area contributed by atoms with Crippen LogP contribution in [0, 0.1) is 0 Å². The average Bonchev–Trinajstić information content (AvgIpc) is 3.12. The second-order valence-corrected chi connectivity index (χ2v) is 7.35. The Kier molecular flexibility index (Phi) is 10.6. The summed E-state index contributed by atoms with van der Waals surface area (Å²) in [5, 5.41) is 3.30. The molecule has 3 rings (SSSR count). The molecule has 1 amide bonds. The van der Waals surface area contributed by atoms with Crippen molar-refractivity contribution in [3.8, 4) is 10.6 Å². The van der Waals surface area contributed by atoms with Crippen molar-refractivity contribution < 1.29 is 9.53 Å². The molecule has 0 atom stereocenters. The normalized spacial score (nSPS) is 14.4. The van der Waals surface area contributed by atoms with Crippen LogP contribution in [0.2, 0.25) is 5.02 Å². The summed E-state index contributed by atoms with van der Waals surface area (Å²) in [5.41, 5.74) is 6.91. The fourth-order valence-electron chi connectivity index (χ4n) is 2.85. The zero-order valence-electron chi connectivity index (χ0n) is 14.8. The number of carbonyl (C=O) groups is 1. The van der Waals surface area contributed by atoms with Gasteiger partial charge in [-0.25, -0.2) is 4.98 Å². The minimum absolute atomic E-state index is 0. The molecule has 0 radical (unpaired) electrons. The highest BCUT2D eigenvalue weighted by Crippen LogP contribution is 2.27. The summed E-state index contributed by atoms with van der Waals surface area (Å²) in [7, 11) is 0. The lowest BCUT2D eigenvalue weighted by molar-refractivity contribution is 0.00831. The van der Waals surface area contributed by atoms with E-state index in [4.69, 9.17) is 22.1 Å². The highest BCUT2D eigenvalue weighted by atomic mass is 35.5. The third-order valence-corrected chi connectivity index (χ3v) is 5.35. The number of piperidine rings is 1. The smallest absolute Gasteiger partial charge is 0.273 e. The van der Waals surface area contributed by atoms with E-state index in [2.05, 4.69) is 4.98 Å². The second-order valence-electron chi connectivity index (χ2n) is 6.05. The summed E-state index contributed by atoms with van der Waals surface area (Å²) >= 11 is 7.49. The van der Waals surface area contributed by atoms with E-state index >= 15 is 0 Å². The molecule has 0 spiro atoms. The molecule has 5 nitrogen and oxygen atoms in total. The van der Waals surface area contributed by atoms with Crippen LogP contribution in [0.4, 0.5) is 0 Å². The molecule has 0 bridgehead atoms. The van der Waals surface area contributed by atoms with Gasteiger partial charge in [0.2, 0.25) is 0 Å². The van der Waals surface area contributed by atoms with Crippen molar-refractivity contribution in [2.75, 3.05) is 26.2 Å². The van der Waals surface area contributed by atoms with Crippen LogP contribution in [0.5, 0.6) is 0 Å². The van der Waals surface area contributed by atoms with Gasteiger partial charge in [-0.15, -0.1) is 36.2 Å². The first kappa shape index (κ1) is 24.1. The summed E-state index contributed by atoms with van der Waals surface area (Å²) in [6, 6.07) is 7.52. The molecule has 2 heterocycles. The van der Waals surface area contributed by atoms with Crippen LogP contribution in [0.3, 0.4) is 0 Å². The first-order valence-corrected chi connectivity index (χ1v) is 9.75. The van der Waals surface area contributed by atoms with Gasteiger partial charge in [-0.1, -0.05) is 23.7 Å². The van der Waals surface area contributed by atoms with Gasteiger partial charge in [-0.05, 0) is 37.9 Å². The Morgan fingerprint density at radius 1 is 1.33 bits per heavy atom. The number of likely N-dealkylation sites (tertiary alicyclic amines) is 1. The van der Waals surface area contributed by atoms with Crippen molar-refractivity contribution in [3.05, 3.63) is 40.4 Å². The molecule has 1 fully saturated rings. The van der Waals surface area contributed by atoms with Gasteiger partial charge in [0, 0.05) is 35.7 Å². The Bertz CT molecular complexity index is 721. The lowest BCUT2D eigenvalue weighted by Crippen LogP contribution is -2.41. The second kappa shape index (κ2) is 11.8. The molecule has 1 aliphatic rings. The lowest BCUT2D eigenvalue weighted by atomic mass is 10.1. The predicted molar refractivity (Wildman–Crippen MR) is 116 cm³/mol. The van der Waals surface area contributed by atoms with E-state index in [9.17, 15) is 4.79 Å². The van der Waals surface area contributed by atoms with Crippen LogP contribution in [0.1, 0.15) is 29.8 Å². The number of hydrogen-bond acceptors (Lipinski definition) is 5. The molecule has 1 saturated heterocycles.